The second-order valence-electron chi connectivity index (χ2n) is 2.26. The molecular formula is C6H14NO2S-. The van der Waals surface area contributed by atoms with Crippen LogP contribution in [0.15, 0.2) is 0 Å². The van der Waals surface area contributed by atoms with E-state index in [1.165, 1.54) is 0 Å². The van der Waals surface area contributed by atoms with Gasteiger partial charge in [-0.3, -0.25) is 4.21 Å². The van der Waals surface area contributed by atoms with Crippen molar-refractivity contribution in [2.24, 2.45) is 0 Å². The van der Waals surface area contributed by atoms with Gasteiger partial charge in [-0.1, -0.05) is 18.0 Å². The quantitative estimate of drug-likeness (QED) is 0.545. The molecule has 3 nitrogen and oxygen atoms in total. The van der Waals surface area contributed by atoms with Crippen LogP contribution in [-0.2, 0) is 11.1 Å². The van der Waals surface area contributed by atoms with Crippen molar-refractivity contribution >= 4 is 11.1 Å². The highest BCUT2D eigenvalue weighted by molar-refractivity contribution is 7.79. The van der Waals surface area contributed by atoms with Crippen LogP contribution < -0.4 is 0 Å². The van der Waals surface area contributed by atoms with Crippen LogP contribution in [0.4, 0.5) is 0 Å². The highest BCUT2D eigenvalue weighted by atomic mass is 32.2. The minimum absolute atomic E-state index is 0.282. The zero-order chi connectivity index (χ0) is 7.98. The second kappa shape index (κ2) is 5.82. The Morgan fingerprint density at radius 2 is 2.20 bits per heavy atom. The smallest absolute Gasteiger partial charge is 0.0114 e. The van der Waals surface area contributed by atoms with Gasteiger partial charge in [0.25, 0.3) is 0 Å². The molecule has 0 amide bonds. The fraction of sp³-hybridized carbons (Fsp3) is 1.00. The van der Waals surface area contributed by atoms with E-state index in [1.54, 1.807) is 0 Å². The summed E-state index contributed by atoms with van der Waals surface area (Å²) in [7, 11) is 1.98. The molecule has 0 fully saturated rings. The van der Waals surface area contributed by atoms with Crippen molar-refractivity contribution in [3.05, 3.63) is 0 Å². The maximum absolute atomic E-state index is 10.1. The third kappa shape index (κ3) is 6.19. The summed E-state index contributed by atoms with van der Waals surface area (Å²) in [6.45, 7) is 3.89. The van der Waals surface area contributed by atoms with Crippen molar-refractivity contribution in [2.75, 3.05) is 25.9 Å². The summed E-state index contributed by atoms with van der Waals surface area (Å²) in [5, 5.41) is 0. The third-order valence-electron chi connectivity index (χ3n) is 1.39. The van der Waals surface area contributed by atoms with E-state index >= 15 is 0 Å². The van der Waals surface area contributed by atoms with Gasteiger partial charge < -0.3 is 9.45 Å². The highest BCUT2D eigenvalue weighted by Gasteiger charge is 1.92. The molecule has 62 valence electrons. The molecule has 4 heteroatoms. The summed E-state index contributed by atoms with van der Waals surface area (Å²) in [5.41, 5.74) is 0. The lowest BCUT2D eigenvalue weighted by molar-refractivity contribution is 0.353. The molecule has 1 unspecified atom stereocenters. The van der Waals surface area contributed by atoms with E-state index in [1.807, 2.05) is 14.0 Å². The van der Waals surface area contributed by atoms with Gasteiger partial charge >= 0.3 is 0 Å². The molecule has 1 atom stereocenters. The zero-order valence-corrected chi connectivity index (χ0v) is 7.32. The number of hydrogen-bond acceptors (Lipinski definition) is 3. The topological polar surface area (TPSA) is 43.4 Å². The average molecular weight is 164 g/mol. The molecule has 0 saturated carbocycles. The van der Waals surface area contributed by atoms with Gasteiger partial charge in [0.2, 0.25) is 0 Å². The van der Waals surface area contributed by atoms with E-state index in [-0.39, 0.29) is 5.75 Å². The Labute approximate surface area is 64.7 Å². The van der Waals surface area contributed by atoms with Crippen LogP contribution in [0.1, 0.15) is 13.3 Å². The number of rotatable bonds is 5. The molecule has 0 aromatic rings. The zero-order valence-electron chi connectivity index (χ0n) is 6.50. The Morgan fingerprint density at radius 3 is 2.60 bits per heavy atom. The molecular weight excluding hydrogens is 150 g/mol. The maximum Gasteiger partial charge on any atom is 0.0114 e. The minimum Gasteiger partial charge on any atom is -0.772 e. The third-order valence-corrected chi connectivity index (χ3v) is 2.01. The predicted octanol–water partition coefficient (Wildman–Crippen LogP) is 0.207. The van der Waals surface area contributed by atoms with E-state index in [4.69, 9.17) is 0 Å². The molecule has 0 radical (unpaired) electrons. The first-order valence-corrected chi connectivity index (χ1v) is 4.65. The van der Waals surface area contributed by atoms with Crippen molar-refractivity contribution in [3.63, 3.8) is 0 Å². The standard InChI is InChI=1S/C6H15NO2S/c1-3-7(2)5-4-6-10(8)9/h3-6H2,1-2H3,(H,8,9)/p-1. The van der Waals surface area contributed by atoms with Gasteiger partial charge in [-0.2, -0.15) is 0 Å². The van der Waals surface area contributed by atoms with Crippen molar-refractivity contribution in [2.45, 2.75) is 13.3 Å². The van der Waals surface area contributed by atoms with Gasteiger partial charge in [0.05, 0.1) is 0 Å². The van der Waals surface area contributed by atoms with Gasteiger partial charge in [-0.25, -0.2) is 0 Å². The molecule has 0 rings (SSSR count). The molecule has 0 aromatic carbocycles. The molecule has 0 spiro atoms. The van der Waals surface area contributed by atoms with Gasteiger partial charge in [-0.05, 0) is 26.6 Å². The fourth-order valence-electron chi connectivity index (χ4n) is 0.610. The monoisotopic (exact) mass is 164 g/mol. The number of hydrogen-bond donors (Lipinski definition) is 0. The SMILES string of the molecule is CCN(C)CCCS(=O)[O-]. The summed E-state index contributed by atoms with van der Waals surface area (Å²) >= 11 is -1.86. The number of nitrogens with zero attached hydrogens (tertiary/aromatic N) is 1. The first-order chi connectivity index (χ1) is 4.66. The van der Waals surface area contributed by atoms with Crippen LogP contribution in [0, 0.1) is 0 Å². The Balaban J connectivity index is 3.11. The molecule has 0 N–H and O–H groups in total. The van der Waals surface area contributed by atoms with Crippen LogP contribution in [0.25, 0.3) is 0 Å². The minimum atomic E-state index is -1.86. The first kappa shape index (κ1) is 10.1. The lowest BCUT2D eigenvalue weighted by Gasteiger charge is -2.13. The van der Waals surface area contributed by atoms with Crippen LogP contribution in [-0.4, -0.2) is 39.6 Å². The molecule has 0 aliphatic carbocycles. The van der Waals surface area contributed by atoms with Crippen molar-refractivity contribution in [1.82, 2.24) is 4.90 Å². The van der Waals surface area contributed by atoms with E-state index in [0.717, 1.165) is 19.5 Å². The van der Waals surface area contributed by atoms with E-state index in [2.05, 4.69) is 4.90 Å². The van der Waals surface area contributed by atoms with Crippen LogP contribution >= 0.6 is 0 Å². The Kier molecular flexibility index (Phi) is 5.87. The normalized spacial score (nSPS) is 14.0. The molecule has 0 bridgehead atoms. The summed E-state index contributed by atoms with van der Waals surface area (Å²) < 4.78 is 20.1. The molecule has 0 saturated heterocycles. The Bertz CT molecular complexity index is 108. The van der Waals surface area contributed by atoms with Crippen molar-refractivity contribution in [1.29, 1.82) is 0 Å². The summed E-state index contributed by atoms with van der Waals surface area (Å²) in [6.07, 6.45) is 0.737. The fourth-order valence-corrected chi connectivity index (χ4v) is 0.975. The van der Waals surface area contributed by atoms with Crippen molar-refractivity contribution < 1.29 is 8.76 Å². The van der Waals surface area contributed by atoms with Crippen LogP contribution in [0.5, 0.6) is 0 Å². The first-order valence-electron chi connectivity index (χ1n) is 3.41. The van der Waals surface area contributed by atoms with Gasteiger partial charge in [0.15, 0.2) is 0 Å². The van der Waals surface area contributed by atoms with Gasteiger partial charge in [0.1, 0.15) is 0 Å². The summed E-state index contributed by atoms with van der Waals surface area (Å²) in [4.78, 5) is 2.09. The molecule has 0 aliphatic heterocycles. The Hall–Kier alpha value is 0.0700. The van der Waals surface area contributed by atoms with E-state index in [0.29, 0.717) is 0 Å². The lowest BCUT2D eigenvalue weighted by atomic mass is 10.4. The summed E-state index contributed by atoms with van der Waals surface area (Å²) in [6, 6.07) is 0. The Morgan fingerprint density at radius 1 is 1.60 bits per heavy atom. The lowest BCUT2D eigenvalue weighted by Crippen LogP contribution is -2.20. The van der Waals surface area contributed by atoms with Gasteiger partial charge in [0, 0.05) is 5.75 Å². The molecule has 0 aliphatic rings. The average Bonchev–Trinajstić information content (AvgIpc) is 1.87. The van der Waals surface area contributed by atoms with Gasteiger partial charge in [-0.15, -0.1) is 0 Å². The highest BCUT2D eigenvalue weighted by Crippen LogP contribution is 1.87. The van der Waals surface area contributed by atoms with Crippen LogP contribution in [0.2, 0.25) is 0 Å². The molecule has 0 heterocycles. The molecule has 0 aromatic heterocycles. The second-order valence-corrected chi connectivity index (χ2v) is 3.27. The van der Waals surface area contributed by atoms with Crippen LogP contribution in [0.3, 0.4) is 0 Å². The molecule has 10 heavy (non-hydrogen) atoms. The van der Waals surface area contributed by atoms with E-state index in [9.17, 15) is 8.76 Å². The maximum atomic E-state index is 10.1. The summed E-state index contributed by atoms with van der Waals surface area (Å²) in [5.74, 6) is 0.282. The largest absolute Gasteiger partial charge is 0.772 e. The van der Waals surface area contributed by atoms with Crippen molar-refractivity contribution in [3.8, 4) is 0 Å². The predicted molar refractivity (Wildman–Crippen MR) is 41.6 cm³/mol. The van der Waals surface area contributed by atoms with E-state index < -0.39 is 11.1 Å².